The first-order chi connectivity index (χ1) is 11.4. The molecule has 130 valence electrons. The molecule has 24 heavy (non-hydrogen) atoms. The van der Waals surface area contributed by atoms with Crippen LogP contribution < -0.4 is 5.32 Å². The van der Waals surface area contributed by atoms with Gasteiger partial charge in [-0.1, -0.05) is 12.1 Å². The van der Waals surface area contributed by atoms with Crippen LogP contribution in [-0.2, 0) is 20.1 Å². The molecule has 2 rings (SSSR count). The van der Waals surface area contributed by atoms with Gasteiger partial charge >= 0.3 is 0 Å². The molecule has 0 atom stereocenters. The molecule has 0 fully saturated rings. The van der Waals surface area contributed by atoms with Gasteiger partial charge in [-0.2, -0.15) is 5.10 Å². The number of benzene rings is 1. The second kappa shape index (κ2) is 7.95. The molecule has 0 radical (unpaired) electrons. The van der Waals surface area contributed by atoms with Crippen LogP contribution in [0.3, 0.4) is 0 Å². The highest BCUT2D eigenvalue weighted by Crippen LogP contribution is 2.13. The Hall–Kier alpha value is -2.37. The fraction of sp³-hybridized carbons (Fsp3) is 0.444. The van der Waals surface area contributed by atoms with E-state index in [0.717, 1.165) is 35.0 Å². The smallest absolute Gasteiger partial charge is 0.194 e. The van der Waals surface area contributed by atoms with E-state index in [0.29, 0.717) is 13.1 Å². The highest BCUT2D eigenvalue weighted by molar-refractivity contribution is 5.79. The van der Waals surface area contributed by atoms with Gasteiger partial charge in [-0.3, -0.25) is 4.68 Å². The molecule has 0 aliphatic carbocycles. The molecule has 1 heterocycles. The van der Waals surface area contributed by atoms with Crippen molar-refractivity contribution >= 4 is 5.96 Å². The Morgan fingerprint density at radius 3 is 2.71 bits per heavy atom. The predicted octanol–water partition coefficient (Wildman–Crippen LogP) is 2.77. The summed E-state index contributed by atoms with van der Waals surface area (Å²) in [4.78, 5) is 6.72. The quantitative estimate of drug-likeness (QED) is 0.677. The van der Waals surface area contributed by atoms with Crippen LogP contribution in [0.25, 0.3) is 0 Å². The maximum absolute atomic E-state index is 13.4. The average Bonchev–Trinajstić information content (AvgIpc) is 2.76. The fourth-order valence-corrected chi connectivity index (χ4v) is 2.65. The van der Waals surface area contributed by atoms with E-state index in [9.17, 15) is 4.39 Å². The van der Waals surface area contributed by atoms with Gasteiger partial charge in [-0.05, 0) is 38.5 Å². The van der Waals surface area contributed by atoms with Crippen molar-refractivity contribution < 1.29 is 4.39 Å². The first kappa shape index (κ1) is 18.0. The Morgan fingerprint density at radius 1 is 1.38 bits per heavy atom. The van der Waals surface area contributed by atoms with Crippen molar-refractivity contribution in [3.05, 3.63) is 52.6 Å². The van der Waals surface area contributed by atoms with Gasteiger partial charge in [0.15, 0.2) is 5.96 Å². The lowest BCUT2D eigenvalue weighted by atomic mass is 10.2. The fourth-order valence-electron chi connectivity index (χ4n) is 2.65. The first-order valence-electron chi connectivity index (χ1n) is 8.15. The van der Waals surface area contributed by atoms with E-state index < -0.39 is 0 Å². The number of hydrogen-bond acceptors (Lipinski definition) is 2. The summed E-state index contributed by atoms with van der Waals surface area (Å²) in [6.45, 7) is 8.02. The Labute approximate surface area is 143 Å². The molecule has 0 saturated heterocycles. The molecule has 1 aromatic heterocycles. The zero-order chi connectivity index (χ0) is 17.7. The van der Waals surface area contributed by atoms with Gasteiger partial charge in [-0.15, -0.1) is 0 Å². The van der Waals surface area contributed by atoms with Crippen molar-refractivity contribution in [3.63, 3.8) is 0 Å². The molecule has 0 saturated carbocycles. The van der Waals surface area contributed by atoms with E-state index >= 15 is 0 Å². The molecule has 2 aromatic rings. The highest BCUT2D eigenvalue weighted by atomic mass is 19.1. The van der Waals surface area contributed by atoms with Gasteiger partial charge in [0.05, 0.1) is 12.2 Å². The zero-order valence-corrected chi connectivity index (χ0v) is 15.1. The van der Waals surface area contributed by atoms with Crippen molar-refractivity contribution in [3.8, 4) is 0 Å². The summed E-state index contributed by atoms with van der Waals surface area (Å²) in [5.41, 5.74) is 4.19. The van der Waals surface area contributed by atoms with Crippen molar-refractivity contribution in [2.75, 3.05) is 13.6 Å². The maximum Gasteiger partial charge on any atom is 0.194 e. The van der Waals surface area contributed by atoms with Crippen LogP contribution in [0.5, 0.6) is 0 Å². The summed E-state index contributed by atoms with van der Waals surface area (Å²) in [7, 11) is 3.90. The van der Waals surface area contributed by atoms with Gasteiger partial charge < -0.3 is 10.2 Å². The number of nitrogens with zero attached hydrogens (tertiary/aromatic N) is 4. The minimum absolute atomic E-state index is 0.218. The molecule has 0 aliphatic rings. The monoisotopic (exact) mass is 331 g/mol. The third kappa shape index (κ3) is 4.34. The number of nitrogens with one attached hydrogen (secondary N) is 1. The molecule has 5 nitrogen and oxygen atoms in total. The van der Waals surface area contributed by atoms with Crippen LogP contribution in [0.2, 0.25) is 0 Å². The Morgan fingerprint density at radius 2 is 2.12 bits per heavy atom. The number of halogens is 1. The predicted molar refractivity (Wildman–Crippen MR) is 95.4 cm³/mol. The average molecular weight is 331 g/mol. The summed E-state index contributed by atoms with van der Waals surface area (Å²) >= 11 is 0. The summed E-state index contributed by atoms with van der Waals surface area (Å²) in [6.07, 6.45) is 0. The number of aryl methyl sites for hydroxylation is 2. The molecule has 1 aromatic carbocycles. The van der Waals surface area contributed by atoms with E-state index in [-0.39, 0.29) is 5.82 Å². The number of guanidine groups is 1. The van der Waals surface area contributed by atoms with E-state index in [1.165, 1.54) is 6.07 Å². The summed E-state index contributed by atoms with van der Waals surface area (Å²) in [5, 5.41) is 7.72. The van der Waals surface area contributed by atoms with Gasteiger partial charge in [-0.25, -0.2) is 9.38 Å². The van der Waals surface area contributed by atoms with Crippen molar-refractivity contribution in [1.82, 2.24) is 20.0 Å². The van der Waals surface area contributed by atoms with Crippen LogP contribution in [0.15, 0.2) is 29.3 Å². The number of rotatable bonds is 5. The SMILES string of the molecule is CCNC(=NCc1c(C)nn(C)c1C)N(C)Cc1cccc(F)c1. The highest BCUT2D eigenvalue weighted by Gasteiger charge is 2.11. The van der Waals surface area contributed by atoms with Crippen LogP contribution in [0.1, 0.15) is 29.4 Å². The van der Waals surface area contributed by atoms with Crippen molar-refractivity contribution in [1.29, 1.82) is 0 Å². The lowest BCUT2D eigenvalue weighted by molar-refractivity contribution is 0.474. The summed E-state index contributed by atoms with van der Waals surface area (Å²) < 4.78 is 15.2. The number of hydrogen-bond donors (Lipinski definition) is 1. The van der Waals surface area contributed by atoms with E-state index in [1.807, 2.05) is 50.5 Å². The molecular formula is C18H26FN5. The van der Waals surface area contributed by atoms with E-state index in [1.54, 1.807) is 12.1 Å². The second-order valence-electron chi connectivity index (χ2n) is 5.93. The molecule has 0 amide bonds. The minimum Gasteiger partial charge on any atom is -0.357 e. The maximum atomic E-state index is 13.4. The molecule has 0 aliphatic heterocycles. The van der Waals surface area contributed by atoms with Crippen LogP contribution in [0.4, 0.5) is 4.39 Å². The van der Waals surface area contributed by atoms with E-state index in [2.05, 4.69) is 10.4 Å². The van der Waals surface area contributed by atoms with Gasteiger partial charge in [0.1, 0.15) is 5.82 Å². The lowest BCUT2D eigenvalue weighted by Gasteiger charge is -2.22. The Kier molecular flexibility index (Phi) is 5.95. The third-order valence-electron chi connectivity index (χ3n) is 4.05. The van der Waals surface area contributed by atoms with Gasteiger partial charge in [0.25, 0.3) is 0 Å². The summed E-state index contributed by atoms with van der Waals surface area (Å²) in [5.74, 6) is 0.578. The molecule has 1 N–H and O–H groups in total. The standard InChI is InChI=1S/C18H26FN5/c1-6-20-18(21-11-17-13(2)22-24(5)14(17)3)23(4)12-15-8-7-9-16(19)10-15/h7-10H,6,11-12H2,1-5H3,(H,20,21). The van der Waals surface area contributed by atoms with Crippen LogP contribution >= 0.6 is 0 Å². The summed E-state index contributed by atoms with van der Waals surface area (Å²) in [6, 6.07) is 6.65. The Bertz CT molecular complexity index is 720. The molecule has 0 spiro atoms. The normalized spacial score (nSPS) is 11.7. The topological polar surface area (TPSA) is 45.5 Å². The Balaban J connectivity index is 2.15. The molecular weight excluding hydrogens is 305 g/mol. The molecule has 6 heteroatoms. The minimum atomic E-state index is -0.218. The zero-order valence-electron chi connectivity index (χ0n) is 15.1. The van der Waals surface area contributed by atoms with Gasteiger partial charge in [0, 0.05) is 38.4 Å². The van der Waals surface area contributed by atoms with Crippen LogP contribution in [-0.4, -0.2) is 34.2 Å². The lowest BCUT2D eigenvalue weighted by Crippen LogP contribution is -2.38. The third-order valence-corrected chi connectivity index (χ3v) is 4.05. The van der Waals surface area contributed by atoms with Crippen molar-refractivity contribution in [2.24, 2.45) is 12.0 Å². The largest absolute Gasteiger partial charge is 0.357 e. The molecule has 0 unspecified atom stereocenters. The van der Waals surface area contributed by atoms with Gasteiger partial charge in [0.2, 0.25) is 0 Å². The molecule has 0 bridgehead atoms. The number of aliphatic imine (C=N–C) groups is 1. The van der Waals surface area contributed by atoms with Crippen molar-refractivity contribution in [2.45, 2.75) is 33.9 Å². The van der Waals surface area contributed by atoms with Crippen LogP contribution in [0, 0.1) is 19.7 Å². The van der Waals surface area contributed by atoms with E-state index in [4.69, 9.17) is 4.99 Å². The number of aromatic nitrogens is 2. The second-order valence-corrected chi connectivity index (χ2v) is 5.93. The first-order valence-corrected chi connectivity index (χ1v) is 8.15.